The monoisotopic (exact) mass is 258 g/mol. The second-order valence-electron chi connectivity index (χ2n) is 2.37. The summed E-state index contributed by atoms with van der Waals surface area (Å²) in [6.45, 7) is 0. The molecule has 1 heterocycles. The van der Waals surface area contributed by atoms with E-state index < -0.39 is 0 Å². The van der Waals surface area contributed by atoms with Gasteiger partial charge in [0.25, 0.3) is 0 Å². The van der Waals surface area contributed by atoms with Gasteiger partial charge in [-0.05, 0) is 0 Å². The van der Waals surface area contributed by atoms with E-state index in [9.17, 15) is 0 Å². The minimum atomic E-state index is 0.213. The zero-order valence-corrected chi connectivity index (χ0v) is 8.42. The van der Waals surface area contributed by atoms with Gasteiger partial charge in [-0.15, -0.1) is 0 Å². The third-order valence-corrected chi connectivity index (χ3v) is 3.85. The Morgan fingerprint density at radius 1 is 1.27 bits per heavy atom. The number of fused-ring (bicyclic) bond motifs is 1. The van der Waals surface area contributed by atoms with Gasteiger partial charge in [-0.3, -0.25) is 0 Å². The molecule has 0 aliphatic carbocycles. The summed E-state index contributed by atoms with van der Waals surface area (Å²) in [5.74, 6) is 0. The molecule has 58 valence electrons. The van der Waals surface area contributed by atoms with Crippen LogP contribution in [0.25, 0.3) is 10.9 Å². The van der Waals surface area contributed by atoms with Crippen molar-refractivity contribution in [1.82, 2.24) is 4.98 Å². The van der Waals surface area contributed by atoms with Gasteiger partial charge in [0.15, 0.2) is 0 Å². The number of nitrogens with one attached hydrogen (secondary N) is 1. The quantitative estimate of drug-likeness (QED) is 0.502. The number of rotatable bonds is 1. The molecule has 2 heteroatoms. The molecule has 1 aromatic carbocycles. The molecule has 0 atom stereocenters. The topological polar surface area (TPSA) is 15.8 Å². The number of H-pyrrole nitrogens is 1. The molecule has 0 aliphatic heterocycles. The second-order valence-corrected chi connectivity index (χ2v) is 4.61. The van der Waals surface area contributed by atoms with Crippen LogP contribution >= 0.6 is 0 Å². The normalized spacial score (nSPS) is 11.0. The van der Waals surface area contributed by atoms with E-state index in [1.165, 1.54) is 14.5 Å². The summed E-state index contributed by atoms with van der Waals surface area (Å²) in [6, 6.07) is 8.63. The molecule has 0 bridgehead atoms. The van der Waals surface area contributed by atoms with Crippen LogP contribution in [0.1, 0.15) is 0 Å². The molecular weight excluding hydrogens is 249 g/mol. The Labute approximate surface area is 76.1 Å². The standard InChI is InChI=1S/C9H9IN/c1-10-8-3-2-4-9-7(8)5-6-11-9/h2-6,11H,1H3/q-1. The van der Waals surface area contributed by atoms with Gasteiger partial charge in [-0.1, -0.05) is 0 Å². The molecule has 11 heavy (non-hydrogen) atoms. The summed E-state index contributed by atoms with van der Waals surface area (Å²) < 4.78 is 1.53. The van der Waals surface area contributed by atoms with Crippen LogP contribution in [0.15, 0.2) is 30.5 Å². The zero-order chi connectivity index (χ0) is 7.68. The average Bonchev–Trinajstić information content (AvgIpc) is 2.50. The van der Waals surface area contributed by atoms with Crippen molar-refractivity contribution < 1.29 is 21.2 Å². The first-order valence-electron chi connectivity index (χ1n) is 3.47. The summed E-state index contributed by atoms with van der Waals surface area (Å²) in [4.78, 5) is 5.50. The molecule has 2 aromatic rings. The summed E-state index contributed by atoms with van der Waals surface area (Å²) in [7, 11) is 0. The predicted molar refractivity (Wildman–Crippen MR) is 42.9 cm³/mol. The Hall–Kier alpha value is -0.510. The maximum atomic E-state index is 3.21. The van der Waals surface area contributed by atoms with E-state index in [4.69, 9.17) is 0 Å². The van der Waals surface area contributed by atoms with Gasteiger partial charge in [0, 0.05) is 0 Å². The molecule has 0 saturated carbocycles. The van der Waals surface area contributed by atoms with Crippen LogP contribution in [0.2, 0.25) is 0 Å². The molecular formula is C9H9IN-. The fourth-order valence-corrected chi connectivity index (χ4v) is 2.83. The average molecular weight is 258 g/mol. The van der Waals surface area contributed by atoms with Gasteiger partial charge >= 0.3 is 76.1 Å². The Morgan fingerprint density at radius 2 is 2.18 bits per heavy atom. The Bertz CT molecular complexity index is 364. The number of hydrogen-bond donors (Lipinski definition) is 1. The van der Waals surface area contributed by atoms with Crippen molar-refractivity contribution in [2.24, 2.45) is 0 Å². The Kier molecular flexibility index (Phi) is 1.85. The summed E-state index contributed by atoms with van der Waals surface area (Å²) in [5, 5.41) is 1.41. The first-order valence-corrected chi connectivity index (χ1v) is 6.71. The molecule has 0 amide bonds. The third kappa shape index (κ3) is 1.15. The van der Waals surface area contributed by atoms with E-state index in [0.29, 0.717) is 0 Å². The molecule has 0 fully saturated rings. The third-order valence-electron chi connectivity index (χ3n) is 1.75. The molecule has 1 N–H and O–H groups in total. The van der Waals surface area contributed by atoms with E-state index in [1.807, 2.05) is 6.20 Å². The number of aromatic nitrogens is 1. The van der Waals surface area contributed by atoms with Gasteiger partial charge in [0.1, 0.15) is 0 Å². The maximum absolute atomic E-state index is 3.21. The van der Waals surface area contributed by atoms with E-state index in [1.54, 1.807) is 0 Å². The van der Waals surface area contributed by atoms with Crippen molar-refractivity contribution in [3.63, 3.8) is 0 Å². The van der Waals surface area contributed by atoms with Gasteiger partial charge in [0.2, 0.25) is 0 Å². The van der Waals surface area contributed by atoms with Gasteiger partial charge in [-0.2, -0.15) is 0 Å². The first-order chi connectivity index (χ1) is 5.42. The molecule has 0 radical (unpaired) electrons. The van der Waals surface area contributed by atoms with Crippen LogP contribution in [0.3, 0.4) is 0 Å². The van der Waals surface area contributed by atoms with E-state index in [2.05, 4.69) is 34.2 Å². The van der Waals surface area contributed by atoms with Gasteiger partial charge < -0.3 is 0 Å². The van der Waals surface area contributed by atoms with E-state index in [0.717, 1.165) is 0 Å². The van der Waals surface area contributed by atoms with Crippen molar-refractivity contribution in [1.29, 1.82) is 0 Å². The van der Waals surface area contributed by atoms with Crippen LogP contribution < -0.4 is 21.2 Å². The zero-order valence-electron chi connectivity index (χ0n) is 6.26. The molecule has 1 nitrogen and oxygen atoms in total. The van der Waals surface area contributed by atoms with E-state index >= 15 is 0 Å². The van der Waals surface area contributed by atoms with Crippen molar-refractivity contribution in [2.45, 2.75) is 0 Å². The van der Waals surface area contributed by atoms with E-state index in [-0.39, 0.29) is 21.2 Å². The number of aromatic amines is 1. The number of halogens is 1. The molecule has 0 spiro atoms. The van der Waals surface area contributed by atoms with Crippen LogP contribution in [0, 0.1) is 3.57 Å². The SMILES string of the molecule is C[I-]c1cccc2[nH]ccc12. The minimum absolute atomic E-state index is 0.213. The fraction of sp³-hybridized carbons (Fsp3) is 0.111. The predicted octanol–water partition coefficient (Wildman–Crippen LogP) is -0.944. The van der Waals surface area contributed by atoms with Crippen molar-refractivity contribution in [3.05, 3.63) is 34.0 Å². The van der Waals surface area contributed by atoms with Gasteiger partial charge in [0.05, 0.1) is 0 Å². The molecule has 0 aliphatic rings. The van der Waals surface area contributed by atoms with Gasteiger partial charge in [-0.25, -0.2) is 0 Å². The Balaban J connectivity index is 2.79. The molecule has 2 rings (SSSR count). The first kappa shape index (κ1) is 7.16. The van der Waals surface area contributed by atoms with Crippen molar-refractivity contribution >= 4 is 10.9 Å². The van der Waals surface area contributed by atoms with Crippen LogP contribution in [0.5, 0.6) is 0 Å². The van der Waals surface area contributed by atoms with Crippen molar-refractivity contribution in [3.8, 4) is 0 Å². The number of alkyl halides is 1. The van der Waals surface area contributed by atoms with Crippen LogP contribution in [0.4, 0.5) is 0 Å². The molecule has 0 unspecified atom stereocenters. The molecule has 0 saturated heterocycles. The van der Waals surface area contributed by atoms with Crippen LogP contribution in [-0.2, 0) is 0 Å². The fourth-order valence-electron chi connectivity index (χ4n) is 1.21. The summed E-state index contributed by atoms with van der Waals surface area (Å²) in [5.41, 5.74) is 1.27. The molecule has 1 aromatic heterocycles. The summed E-state index contributed by atoms with van der Waals surface area (Å²) in [6.07, 6.45) is 2.01. The summed E-state index contributed by atoms with van der Waals surface area (Å²) >= 11 is 0.213. The Morgan fingerprint density at radius 3 is 3.00 bits per heavy atom. The van der Waals surface area contributed by atoms with Crippen LogP contribution in [-0.4, -0.2) is 9.91 Å². The number of hydrogen-bond acceptors (Lipinski definition) is 0. The second kappa shape index (κ2) is 2.85. The van der Waals surface area contributed by atoms with Crippen molar-refractivity contribution in [2.75, 3.05) is 4.93 Å². The number of benzene rings is 1.